The highest BCUT2D eigenvalue weighted by atomic mass is 19.1. The van der Waals surface area contributed by atoms with E-state index in [-0.39, 0.29) is 30.1 Å². The summed E-state index contributed by atoms with van der Waals surface area (Å²) in [6.07, 6.45) is 1.29. The molecule has 0 aliphatic carbocycles. The molecule has 2 amide bonds. The molecule has 3 aromatic rings. The molecule has 3 rings (SSSR count). The van der Waals surface area contributed by atoms with Gasteiger partial charge in [0.1, 0.15) is 11.9 Å². The number of aryl methyl sites for hydroxylation is 1. The van der Waals surface area contributed by atoms with E-state index in [1.54, 1.807) is 17.0 Å². The smallest absolute Gasteiger partial charge is 0.243 e. The number of halogens is 1. The number of hydrogen-bond acceptors (Lipinski definition) is 2. The highest BCUT2D eigenvalue weighted by Gasteiger charge is 2.31. The van der Waals surface area contributed by atoms with E-state index in [2.05, 4.69) is 5.32 Å². The van der Waals surface area contributed by atoms with Crippen LogP contribution in [-0.4, -0.2) is 28.8 Å². The van der Waals surface area contributed by atoms with Gasteiger partial charge in [-0.15, -0.1) is 0 Å². The fourth-order valence-electron chi connectivity index (χ4n) is 3.88. The standard InChI is InChI=1S/C29H33FN2O2/c1-4-22(3)31-29(34)27(18-23-10-6-5-7-11-23)32(20-25-12-8-9-21(2)17-25)28(33)19-24-13-15-26(30)16-14-24/h5-17,22,27H,4,18-20H2,1-3H3,(H,31,34). The third kappa shape index (κ3) is 7.27. The largest absolute Gasteiger partial charge is 0.352 e. The summed E-state index contributed by atoms with van der Waals surface area (Å²) in [7, 11) is 0. The van der Waals surface area contributed by atoms with Crippen LogP contribution in [0.3, 0.4) is 0 Å². The van der Waals surface area contributed by atoms with E-state index < -0.39 is 6.04 Å². The third-order valence-corrected chi connectivity index (χ3v) is 5.98. The molecule has 0 saturated heterocycles. The molecule has 0 spiro atoms. The first-order valence-corrected chi connectivity index (χ1v) is 11.8. The molecule has 0 bridgehead atoms. The zero-order chi connectivity index (χ0) is 24.5. The van der Waals surface area contributed by atoms with Crippen LogP contribution in [0.2, 0.25) is 0 Å². The predicted molar refractivity (Wildman–Crippen MR) is 134 cm³/mol. The third-order valence-electron chi connectivity index (χ3n) is 5.98. The molecule has 2 atom stereocenters. The highest BCUT2D eigenvalue weighted by Crippen LogP contribution is 2.18. The van der Waals surface area contributed by atoms with Crippen molar-refractivity contribution >= 4 is 11.8 Å². The monoisotopic (exact) mass is 460 g/mol. The molecule has 4 nitrogen and oxygen atoms in total. The lowest BCUT2D eigenvalue weighted by molar-refractivity contribution is -0.141. The molecule has 0 radical (unpaired) electrons. The summed E-state index contributed by atoms with van der Waals surface area (Å²) in [5.74, 6) is -0.686. The van der Waals surface area contributed by atoms with E-state index in [1.165, 1.54) is 12.1 Å². The first kappa shape index (κ1) is 25.2. The molecule has 0 saturated carbocycles. The Morgan fingerprint density at radius 1 is 0.912 bits per heavy atom. The van der Waals surface area contributed by atoms with Crippen LogP contribution in [0.5, 0.6) is 0 Å². The minimum Gasteiger partial charge on any atom is -0.352 e. The Bertz CT molecular complexity index is 1080. The van der Waals surface area contributed by atoms with Crippen LogP contribution in [0.15, 0.2) is 78.9 Å². The van der Waals surface area contributed by atoms with Gasteiger partial charge in [0.2, 0.25) is 11.8 Å². The topological polar surface area (TPSA) is 49.4 Å². The quantitative estimate of drug-likeness (QED) is 0.450. The van der Waals surface area contributed by atoms with Crippen molar-refractivity contribution < 1.29 is 14.0 Å². The van der Waals surface area contributed by atoms with E-state index in [9.17, 15) is 14.0 Å². The molecular formula is C29H33FN2O2. The van der Waals surface area contributed by atoms with E-state index in [1.807, 2.05) is 75.4 Å². The first-order chi connectivity index (χ1) is 16.4. The van der Waals surface area contributed by atoms with Gasteiger partial charge in [-0.1, -0.05) is 79.2 Å². The maximum absolute atomic E-state index is 13.6. The first-order valence-electron chi connectivity index (χ1n) is 11.8. The molecule has 0 aromatic heterocycles. The summed E-state index contributed by atoms with van der Waals surface area (Å²) < 4.78 is 13.4. The second-order valence-corrected chi connectivity index (χ2v) is 8.84. The number of rotatable bonds is 10. The zero-order valence-electron chi connectivity index (χ0n) is 20.1. The zero-order valence-corrected chi connectivity index (χ0v) is 20.1. The molecular weight excluding hydrogens is 427 g/mol. The Labute approximate surface area is 201 Å². The van der Waals surface area contributed by atoms with Crippen LogP contribution in [0.25, 0.3) is 0 Å². The summed E-state index contributed by atoms with van der Waals surface area (Å²) in [4.78, 5) is 28.8. The van der Waals surface area contributed by atoms with Crippen molar-refractivity contribution in [2.45, 2.75) is 58.7 Å². The molecule has 0 heterocycles. The second kappa shape index (κ2) is 12.1. The maximum atomic E-state index is 13.6. The van der Waals surface area contributed by atoms with Gasteiger partial charge >= 0.3 is 0 Å². The number of amides is 2. The van der Waals surface area contributed by atoms with Gasteiger partial charge in [-0.2, -0.15) is 0 Å². The SMILES string of the molecule is CCC(C)NC(=O)C(Cc1ccccc1)N(Cc1cccc(C)c1)C(=O)Cc1ccc(F)cc1. The van der Waals surface area contributed by atoms with E-state index in [0.717, 1.165) is 23.1 Å². The number of carbonyl (C=O) groups is 2. The Hall–Kier alpha value is -3.47. The van der Waals surface area contributed by atoms with Crippen LogP contribution >= 0.6 is 0 Å². The lowest BCUT2D eigenvalue weighted by Crippen LogP contribution is -2.52. The molecule has 5 heteroatoms. The van der Waals surface area contributed by atoms with Crippen molar-refractivity contribution in [1.82, 2.24) is 10.2 Å². The lowest BCUT2D eigenvalue weighted by Gasteiger charge is -2.32. The average Bonchev–Trinajstić information content (AvgIpc) is 2.83. The fraction of sp³-hybridized carbons (Fsp3) is 0.310. The molecule has 0 fully saturated rings. The van der Waals surface area contributed by atoms with E-state index >= 15 is 0 Å². The molecule has 0 aliphatic heterocycles. The van der Waals surface area contributed by atoms with Gasteiger partial charge in [0.15, 0.2) is 0 Å². The average molecular weight is 461 g/mol. The van der Waals surface area contributed by atoms with Crippen LogP contribution in [-0.2, 0) is 29.0 Å². The van der Waals surface area contributed by atoms with Crippen LogP contribution in [0, 0.1) is 12.7 Å². The van der Waals surface area contributed by atoms with Gasteiger partial charge in [0.05, 0.1) is 6.42 Å². The van der Waals surface area contributed by atoms with Gasteiger partial charge in [-0.3, -0.25) is 9.59 Å². The number of benzene rings is 3. The van der Waals surface area contributed by atoms with Crippen molar-refractivity contribution in [2.24, 2.45) is 0 Å². The van der Waals surface area contributed by atoms with Crippen LogP contribution < -0.4 is 5.32 Å². The summed E-state index contributed by atoms with van der Waals surface area (Å²) in [6, 6.07) is 23.0. The predicted octanol–water partition coefficient (Wildman–Crippen LogP) is 5.23. The van der Waals surface area contributed by atoms with Gasteiger partial charge < -0.3 is 10.2 Å². The minimum atomic E-state index is -0.676. The van der Waals surface area contributed by atoms with E-state index in [0.29, 0.717) is 18.5 Å². The summed E-state index contributed by atoms with van der Waals surface area (Å²) in [5, 5.41) is 3.07. The van der Waals surface area contributed by atoms with Crippen molar-refractivity contribution in [3.05, 3.63) is 107 Å². The Morgan fingerprint density at radius 2 is 1.59 bits per heavy atom. The Morgan fingerprint density at radius 3 is 2.24 bits per heavy atom. The van der Waals surface area contributed by atoms with E-state index in [4.69, 9.17) is 0 Å². The molecule has 178 valence electrons. The second-order valence-electron chi connectivity index (χ2n) is 8.84. The minimum absolute atomic E-state index is 0.00112. The summed E-state index contributed by atoms with van der Waals surface area (Å²) >= 11 is 0. The summed E-state index contributed by atoms with van der Waals surface area (Å²) in [5.41, 5.74) is 3.74. The number of hydrogen-bond donors (Lipinski definition) is 1. The molecule has 2 unspecified atom stereocenters. The molecule has 34 heavy (non-hydrogen) atoms. The summed E-state index contributed by atoms with van der Waals surface area (Å²) in [6.45, 7) is 6.29. The van der Waals surface area contributed by atoms with Crippen molar-refractivity contribution in [3.8, 4) is 0 Å². The van der Waals surface area contributed by atoms with Crippen LogP contribution in [0.1, 0.15) is 42.5 Å². The molecule has 1 N–H and O–H groups in total. The van der Waals surface area contributed by atoms with Gasteiger partial charge in [0.25, 0.3) is 0 Å². The number of nitrogens with one attached hydrogen (secondary N) is 1. The van der Waals surface area contributed by atoms with Crippen molar-refractivity contribution in [1.29, 1.82) is 0 Å². The number of carbonyl (C=O) groups excluding carboxylic acids is 2. The maximum Gasteiger partial charge on any atom is 0.243 e. The molecule has 3 aromatic carbocycles. The van der Waals surface area contributed by atoms with Crippen molar-refractivity contribution in [2.75, 3.05) is 0 Å². The highest BCUT2D eigenvalue weighted by molar-refractivity contribution is 5.89. The van der Waals surface area contributed by atoms with Gasteiger partial charge in [-0.05, 0) is 49.1 Å². The number of nitrogens with zero attached hydrogens (tertiary/aromatic N) is 1. The van der Waals surface area contributed by atoms with Gasteiger partial charge in [-0.25, -0.2) is 4.39 Å². The Kier molecular flexibility index (Phi) is 8.97. The Balaban J connectivity index is 1.96. The normalized spacial score (nSPS) is 12.6. The fourth-order valence-corrected chi connectivity index (χ4v) is 3.88. The lowest BCUT2D eigenvalue weighted by atomic mass is 10.0. The van der Waals surface area contributed by atoms with Gasteiger partial charge in [0, 0.05) is 19.0 Å². The van der Waals surface area contributed by atoms with Crippen molar-refractivity contribution in [3.63, 3.8) is 0 Å². The van der Waals surface area contributed by atoms with Crippen LogP contribution in [0.4, 0.5) is 4.39 Å². The molecule has 0 aliphatic rings.